The largest absolute Gasteiger partial charge is 0.316 e. The van der Waals surface area contributed by atoms with E-state index < -0.39 is 10.0 Å². The summed E-state index contributed by atoms with van der Waals surface area (Å²) in [5.74, 6) is 0.939. The smallest absolute Gasteiger partial charge is 0.244 e. The minimum Gasteiger partial charge on any atom is -0.316 e. The van der Waals surface area contributed by atoms with Gasteiger partial charge in [-0.1, -0.05) is 0 Å². The van der Waals surface area contributed by atoms with Crippen molar-refractivity contribution < 1.29 is 8.42 Å². The summed E-state index contributed by atoms with van der Waals surface area (Å²) in [6.45, 7) is 5.26. The van der Waals surface area contributed by atoms with Crippen molar-refractivity contribution in [3.63, 3.8) is 0 Å². The van der Waals surface area contributed by atoms with Crippen LogP contribution in [0.15, 0.2) is 4.90 Å². The number of piperidine rings is 1. The quantitative estimate of drug-likeness (QED) is 0.682. The van der Waals surface area contributed by atoms with Gasteiger partial charge < -0.3 is 5.32 Å². The number of nitrogens with one attached hydrogen (secondary N) is 3. The Morgan fingerprint density at radius 2 is 1.94 bits per heavy atom. The van der Waals surface area contributed by atoms with Gasteiger partial charge in [-0.25, -0.2) is 13.1 Å². The summed E-state index contributed by atoms with van der Waals surface area (Å²) < 4.78 is 27.2. The predicted octanol–water partition coefficient (Wildman–Crippen LogP) is -0.477. The molecular formula is C10H16N4O2S. The van der Waals surface area contributed by atoms with Crippen molar-refractivity contribution in [2.75, 3.05) is 13.1 Å². The summed E-state index contributed by atoms with van der Waals surface area (Å²) in [5, 5.41) is 9.87. The summed E-state index contributed by atoms with van der Waals surface area (Å²) in [6, 6.07) is 0.106. The van der Waals surface area contributed by atoms with E-state index in [2.05, 4.69) is 20.2 Å². The zero-order chi connectivity index (χ0) is 12.2. The van der Waals surface area contributed by atoms with Gasteiger partial charge in [0.05, 0.1) is 11.4 Å². The van der Waals surface area contributed by atoms with Crippen molar-refractivity contribution in [2.24, 2.45) is 11.8 Å². The molecule has 2 heterocycles. The lowest BCUT2D eigenvalue weighted by Gasteiger charge is -2.08. The normalized spacial score (nSPS) is 31.5. The standard InChI is InChI=1S/C10H16N4O2S/c1-5-10(6(2)13-12-5)17(15,16)14-9-7-3-11-4-8(7)9/h7-9,11,14H,3-4H2,1-2H3,(H,12,13). The monoisotopic (exact) mass is 256 g/mol. The molecule has 1 saturated carbocycles. The molecule has 2 aliphatic rings. The van der Waals surface area contributed by atoms with E-state index in [0.29, 0.717) is 28.1 Å². The van der Waals surface area contributed by atoms with Crippen LogP contribution in [-0.2, 0) is 10.0 Å². The van der Waals surface area contributed by atoms with Gasteiger partial charge in [-0.3, -0.25) is 5.10 Å². The van der Waals surface area contributed by atoms with E-state index in [1.54, 1.807) is 13.8 Å². The fourth-order valence-corrected chi connectivity index (χ4v) is 4.48. The third-order valence-electron chi connectivity index (χ3n) is 3.71. The summed E-state index contributed by atoms with van der Waals surface area (Å²) in [7, 11) is -3.43. The molecule has 94 valence electrons. The first-order valence-corrected chi connectivity index (χ1v) is 7.23. The molecule has 1 aliphatic carbocycles. The highest BCUT2D eigenvalue weighted by atomic mass is 32.2. The van der Waals surface area contributed by atoms with Crippen molar-refractivity contribution >= 4 is 10.0 Å². The van der Waals surface area contributed by atoms with Crippen LogP contribution in [0.4, 0.5) is 0 Å². The topological polar surface area (TPSA) is 86.9 Å². The molecule has 2 atom stereocenters. The van der Waals surface area contributed by atoms with Crippen LogP contribution < -0.4 is 10.0 Å². The van der Waals surface area contributed by atoms with Gasteiger partial charge in [0.25, 0.3) is 0 Å². The van der Waals surface area contributed by atoms with Gasteiger partial charge in [0.1, 0.15) is 4.90 Å². The van der Waals surface area contributed by atoms with E-state index in [4.69, 9.17) is 0 Å². The van der Waals surface area contributed by atoms with Gasteiger partial charge in [0, 0.05) is 6.04 Å². The molecule has 0 bridgehead atoms. The van der Waals surface area contributed by atoms with Gasteiger partial charge in [0.2, 0.25) is 10.0 Å². The van der Waals surface area contributed by atoms with Crippen LogP contribution in [0.5, 0.6) is 0 Å². The molecule has 2 unspecified atom stereocenters. The van der Waals surface area contributed by atoms with Crippen LogP contribution in [-0.4, -0.2) is 37.7 Å². The molecule has 0 aromatic carbocycles. The molecule has 7 heteroatoms. The third-order valence-corrected chi connectivity index (χ3v) is 5.43. The first-order valence-electron chi connectivity index (χ1n) is 5.75. The lowest BCUT2D eigenvalue weighted by atomic mass is 10.4. The van der Waals surface area contributed by atoms with Crippen LogP contribution >= 0.6 is 0 Å². The van der Waals surface area contributed by atoms with E-state index in [1.165, 1.54) is 0 Å². The van der Waals surface area contributed by atoms with Crippen LogP contribution in [0.2, 0.25) is 0 Å². The highest BCUT2D eigenvalue weighted by Crippen LogP contribution is 2.42. The molecule has 1 aliphatic heterocycles. The summed E-state index contributed by atoms with van der Waals surface area (Å²) in [5.41, 5.74) is 1.12. The van der Waals surface area contributed by atoms with Crippen LogP contribution in [0.3, 0.4) is 0 Å². The fraction of sp³-hybridized carbons (Fsp3) is 0.700. The second-order valence-corrected chi connectivity index (χ2v) is 6.55. The second kappa shape index (κ2) is 3.54. The number of sulfonamides is 1. The summed E-state index contributed by atoms with van der Waals surface area (Å²) in [6.07, 6.45) is 0. The van der Waals surface area contributed by atoms with Crippen molar-refractivity contribution in [3.05, 3.63) is 11.4 Å². The van der Waals surface area contributed by atoms with Crippen molar-refractivity contribution in [3.8, 4) is 0 Å². The molecule has 0 radical (unpaired) electrons. The van der Waals surface area contributed by atoms with Crippen LogP contribution in [0, 0.1) is 25.7 Å². The van der Waals surface area contributed by atoms with Gasteiger partial charge in [-0.15, -0.1) is 0 Å². The maximum atomic E-state index is 12.2. The van der Waals surface area contributed by atoms with E-state index in [-0.39, 0.29) is 6.04 Å². The van der Waals surface area contributed by atoms with Crippen molar-refractivity contribution in [1.29, 1.82) is 0 Å². The van der Waals surface area contributed by atoms with Crippen molar-refractivity contribution in [2.45, 2.75) is 24.8 Å². The van der Waals surface area contributed by atoms with Crippen LogP contribution in [0.1, 0.15) is 11.4 Å². The summed E-state index contributed by atoms with van der Waals surface area (Å²) >= 11 is 0. The average molecular weight is 256 g/mol. The first kappa shape index (κ1) is 11.2. The molecule has 3 N–H and O–H groups in total. The van der Waals surface area contributed by atoms with E-state index in [0.717, 1.165) is 13.1 Å². The maximum absolute atomic E-state index is 12.2. The number of rotatable bonds is 3. The lowest BCUT2D eigenvalue weighted by molar-refractivity contribution is 0.564. The number of aryl methyl sites for hydroxylation is 2. The molecular weight excluding hydrogens is 240 g/mol. The molecule has 1 aromatic heterocycles. The van der Waals surface area contributed by atoms with Gasteiger partial charge >= 0.3 is 0 Å². The fourth-order valence-electron chi connectivity index (χ4n) is 2.77. The molecule has 17 heavy (non-hydrogen) atoms. The Labute approximate surface area is 100 Å². The van der Waals surface area contributed by atoms with E-state index in [1.807, 2.05) is 0 Å². The maximum Gasteiger partial charge on any atom is 0.244 e. The number of nitrogens with zero attached hydrogens (tertiary/aromatic N) is 1. The highest BCUT2D eigenvalue weighted by Gasteiger charge is 2.54. The highest BCUT2D eigenvalue weighted by molar-refractivity contribution is 7.89. The number of fused-ring (bicyclic) bond motifs is 1. The number of H-pyrrole nitrogens is 1. The Morgan fingerprint density at radius 1 is 1.29 bits per heavy atom. The SMILES string of the molecule is Cc1n[nH]c(C)c1S(=O)(=O)NC1C2CNCC21. The Kier molecular flexibility index (Phi) is 2.33. The molecule has 1 aromatic rings. The van der Waals surface area contributed by atoms with E-state index in [9.17, 15) is 8.42 Å². The second-order valence-electron chi connectivity index (χ2n) is 4.90. The number of aromatic amines is 1. The zero-order valence-electron chi connectivity index (χ0n) is 9.82. The Hall–Kier alpha value is -0.920. The molecule has 0 amide bonds. The van der Waals surface area contributed by atoms with Gasteiger partial charge in [-0.2, -0.15) is 5.10 Å². The van der Waals surface area contributed by atoms with Gasteiger partial charge in [0.15, 0.2) is 0 Å². The number of hydrogen-bond acceptors (Lipinski definition) is 4. The third kappa shape index (κ3) is 1.69. The molecule has 0 spiro atoms. The minimum absolute atomic E-state index is 0.106. The van der Waals surface area contributed by atoms with Crippen molar-refractivity contribution in [1.82, 2.24) is 20.2 Å². The summed E-state index contributed by atoms with van der Waals surface area (Å²) in [4.78, 5) is 0.301. The number of aromatic nitrogens is 2. The molecule has 1 saturated heterocycles. The Morgan fingerprint density at radius 3 is 2.47 bits per heavy atom. The number of hydrogen-bond donors (Lipinski definition) is 3. The van der Waals surface area contributed by atoms with E-state index >= 15 is 0 Å². The average Bonchev–Trinajstić information content (AvgIpc) is 2.68. The predicted molar refractivity (Wildman–Crippen MR) is 62.0 cm³/mol. The Balaban J connectivity index is 1.83. The molecule has 6 nitrogen and oxygen atoms in total. The molecule has 3 rings (SSSR count). The minimum atomic E-state index is -3.43. The zero-order valence-corrected chi connectivity index (χ0v) is 10.6. The lowest BCUT2D eigenvalue weighted by Crippen LogP contribution is -2.33. The van der Waals surface area contributed by atoms with Gasteiger partial charge in [-0.05, 0) is 38.8 Å². The van der Waals surface area contributed by atoms with Crippen LogP contribution in [0.25, 0.3) is 0 Å². The molecule has 2 fully saturated rings. The Bertz CT molecular complexity index is 521. The first-order chi connectivity index (χ1) is 8.00.